The van der Waals surface area contributed by atoms with Crippen LogP contribution in [0.2, 0.25) is 5.15 Å². The lowest BCUT2D eigenvalue weighted by molar-refractivity contribution is 0.798. The molecule has 0 unspecified atom stereocenters. The number of benzene rings is 1. The van der Waals surface area contributed by atoms with E-state index in [0.29, 0.717) is 11.0 Å². The molecule has 0 aliphatic rings. The third-order valence-corrected chi connectivity index (χ3v) is 3.76. The molecular formula is C16H16ClN3. The lowest BCUT2D eigenvalue weighted by Gasteiger charge is -2.04. The Labute approximate surface area is 123 Å². The van der Waals surface area contributed by atoms with Gasteiger partial charge in [0, 0.05) is 18.3 Å². The van der Waals surface area contributed by atoms with Gasteiger partial charge in [-0.1, -0.05) is 55.3 Å². The maximum absolute atomic E-state index is 6.33. The van der Waals surface area contributed by atoms with Gasteiger partial charge in [-0.25, -0.2) is 9.97 Å². The van der Waals surface area contributed by atoms with Gasteiger partial charge in [0.2, 0.25) is 0 Å². The minimum atomic E-state index is 0.520. The fourth-order valence-electron chi connectivity index (χ4n) is 2.42. The van der Waals surface area contributed by atoms with E-state index in [-0.39, 0.29) is 0 Å². The van der Waals surface area contributed by atoms with Crippen molar-refractivity contribution in [2.24, 2.45) is 7.05 Å². The summed E-state index contributed by atoms with van der Waals surface area (Å²) in [5.74, 6) is 0.673. The van der Waals surface area contributed by atoms with E-state index >= 15 is 0 Å². The first-order valence-corrected chi connectivity index (χ1v) is 7.15. The maximum Gasteiger partial charge on any atom is 0.163 e. The number of rotatable bonds is 3. The molecule has 0 bridgehead atoms. The molecule has 0 N–H and O–H groups in total. The largest absolute Gasteiger partial charge is 0.333 e. The van der Waals surface area contributed by atoms with Crippen LogP contribution < -0.4 is 0 Å². The van der Waals surface area contributed by atoms with Crippen LogP contribution in [0.3, 0.4) is 0 Å². The number of halogens is 1. The summed E-state index contributed by atoms with van der Waals surface area (Å²) in [6.45, 7) is 2.17. The molecule has 0 atom stereocenters. The van der Waals surface area contributed by atoms with E-state index in [1.54, 1.807) is 0 Å². The molecule has 3 rings (SSSR count). The summed E-state index contributed by atoms with van der Waals surface area (Å²) < 4.78 is 2.11. The Kier molecular flexibility index (Phi) is 3.45. The highest BCUT2D eigenvalue weighted by atomic mass is 35.5. The van der Waals surface area contributed by atoms with Crippen molar-refractivity contribution in [3.63, 3.8) is 0 Å². The van der Waals surface area contributed by atoms with Crippen LogP contribution in [0, 0.1) is 0 Å². The van der Waals surface area contributed by atoms with Crippen molar-refractivity contribution in [1.29, 1.82) is 0 Å². The SMILES string of the molecule is CCCc1cc2c(Cl)nc(-c3ccccc3)nc2n1C. The van der Waals surface area contributed by atoms with Crippen molar-refractivity contribution in [2.75, 3.05) is 0 Å². The molecule has 1 aromatic carbocycles. The first kappa shape index (κ1) is 13.1. The van der Waals surface area contributed by atoms with Gasteiger partial charge in [0.15, 0.2) is 5.82 Å². The summed E-state index contributed by atoms with van der Waals surface area (Å²) in [5, 5.41) is 1.45. The molecule has 0 aliphatic carbocycles. The molecule has 0 saturated carbocycles. The first-order chi connectivity index (χ1) is 9.70. The number of hydrogen-bond donors (Lipinski definition) is 0. The third kappa shape index (κ3) is 2.18. The normalized spacial score (nSPS) is 11.2. The second kappa shape index (κ2) is 5.25. The molecule has 2 aromatic heterocycles. The van der Waals surface area contributed by atoms with E-state index in [9.17, 15) is 0 Å². The summed E-state index contributed by atoms with van der Waals surface area (Å²) in [5.41, 5.74) is 3.12. The topological polar surface area (TPSA) is 30.7 Å². The van der Waals surface area contributed by atoms with E-state index < -0.39 is 0 Å². The molecule has 0 aliphatic heterocycles. The molecular weight excluding hydrogens is 270 g/mol. The number of nitrogens with zero attached hydrogens (tertiary/aromatic N) is 3. The van der Waals surface area contributed by atoms with Crippen molar-refractivity contribution in [3.05, 3.63) is 47.2 Å². The number of aromatic nitrogens is 3. The highest BCUT2D eigenvalue weighted by Gasteiger charge is 2.13. The van der Waals surface area contributed by atoms with E-state index in [4.69, 9.17) is 11.6 Å². The average molecular weight is 286 g/mol. The second-order valence-corrected chi connectivity index (χ2v) is 5.24. The number of fused-ring (bicyclic) bond motifs is 1. The molecule has 20 heavy (non-hydrogen) atoms. The summed E-state index contributed by atoms with van der Waals surface area (Å²) in [6, 6.07) is 12.0. The highest BCUT2D eigenvalue weighted by Crippen LogP contribution is 2.27. The van der Waals surface area contributed by atoms with E-state index in [1.807, 2.05) is 37.4 Å². The van der Waals surface area contributed by atoms with Gasteiger partial charge < -0.3 is 4.57 Å². The van der Waals surface area contributed by atoms with Gasteiger partial charge in [-0.05, 0) is 12.5 Å². The van der Waals surface area contributed by atoms with Gasteiger partial charge in [0.25, 0.3) is 0 Å². The van der Waals surface area contributed by atoms with Gasteiger partial charge >= 0.3 is 0 Å². The highest BCUT2D eigenvalue weighted by molar-refractivity contribution is 6.34. The predicted octanol–water partition coefficient (Wildman–Crippen LogP) is 4.24. The molecule has 0 spiro atoms. The van der Waals surface area contributed by atoms with Crippen LogP contribution in [0.4, 0.5) is 0 Å². The summed E-state index contributed by atoms with van der Waals surface area (Å²) in [4.78, 5) is 9.10. The minimum Gasteiger partial charge on any atom is -0.333 e. The van der Waals surface area contributed by atoms with Crippen LogP contribution in [-0.2, 0) is 13.5 Å². The Balaban J connectivity index is 2.21. The first-order valence-electron chi connectivity index (χ1n) is 6.78. The average Bonchev–Trinajstić information content (AvgIpc) is 2.78. The van der Waals surface area contributed by atoms with Crippen molar-refractivity contribution in [2.45, 2.75) is 19.8 Å². The van der Waals surface area contributed by atoms with Crippen molar-refractivity contribution in [3.8, 4) is 11.4 Å². The summed E-state index contributed by atoms with van der Waals surface area (Å²) >= 11 is 6.33. The van der Waals surface area contributed by atoms with Crippen LogP contribution in [0.15, 0.2) is 36.4 Å². The fraction of sp³-hybridized carbons (Fsp3) is 0.250. The van der Waals surface area contributed by atoms with Gasteiger partial charge in [-0.2, -0.15) is 0 Å². The lowest BCUT2D eigenvalue weighted by atomic mass is 10.2. The molecule has 0 radical (unpaired) electrons. The van der Waals surface area contributed by atoms with E-state index in [2.05, 4.69) is 27.5 Å². The number of hydrogen-bond acceptors (Lipinski definition) is 2. The Morgan fingerprint density at radius 3 is 2.60 bits per heavy atom. The quantitative estimate of drug-likeness (QED) is 0.674. The van der Waals surface area contributed by atoms with Crippen LogP contribution in [0.25, 0.3) is 22.4 Å². The fourth-order valence-corrected chi connectivity index (χ4v) is 2.64. The van der Waals surface area contributed by atoms with Gasteiger partial charge in [0.05, 0.1) is 5.39 Å². The van der Waals surface area contributed by atoms with Crippen LogP contribution >= 0.6 is 11.6 Å². The smallest absolute Gasteiger partial charge is 0.163 e. The standard InChI is InChI=1S/C16H16ClN3/c1-3-7-12-10-13-14(17)18-15(19-16(13)20(12)2)11-8-5-4-6-9-11/h4-6,8-10H,3,7H2,1-2H3. The third-order valence-electron chi connectivity index (χ3n) is 3.48. The van der Waals surface area contributed by atoms with Gasteiger partial charge in [-0.3, -0.25) is 0 Å². The molecule has 0 saturated heterocycles. The van der Waals surface area contributed by atoms with Crippen LogP contribution in [0.1, 0.15) is 19.0 Å². The van der Waals surface area contributed by atoms with Gasteiger partial charge in [-0.15, -0.1) is 0 Å². The zero-order chi connectivity index (χ0) is 14.1. The Bertz CT molecular complexity index is 747. The maximum atomic E-state index is 6.33. The molecule has 0 fully saturated rings. The Morgan fingerprint density at radius 1 is 1.15 bits per heavy atom. The van der Waals surface area contributed by atoms with Crippen molar-refractivity contribution >= 4 is 22.6 Å². The molecule has 2 heterocycles. The van der Waals surface area contributed by atoms with E-state index in [1.165, 1.54) is 5.69 Å². The minimum absolute atomic E-state index is 0.520. The Morgan fingerprint density at radius 2 is 1.90 bits per heavy atom. The molecule has 3 nitrogen and oxygen atoms in total. The number of aryl methyl sites for hydroxylation is 2. The molecule has 102 valence electrons. The summed E-state index contributed by atoms with van der Waals surface area (Å²) in [6.07, 6.45) is 2.12. The summed E-state index contributed by atoms with van der Waals surface area (Å²) in [7, 11) is 2.03. The van der Waals surface area contributed by atoms with Crippen LogP contribution in [0.5, 0.6) is 0 Å². The van der Waals surface area contributed by atoms with Crippen molar-refractivity contribution < 1.29 is 0 Å². The second-order valence-electron chi connectivity index (χ2n) is 4.89. The van der Waals surface area contributed by atoms with E-state index in [0.717, 1.165) is 29.4 Å². The predicted molar refractivity (Wildman–Crippen MR) is 83.0 cm³/mol. The van der Waals surface area contributed by atoms with Crippen LogP contribution in [-0.4, -0.2) is 14.5 Å². The zero-order valence-electron chi connectivity index (χ0n) is 11.6. The van der Waals surface area contributed by atoms with Gasteiger partial charge in [0.1, 0.15) is 10.8 Å². The monoisotopic (exact) mass is 285 g/mol. The van der Waals surface area contributed by atoms with Crippen molar-refractivity contribution in [1.82, 2.24) is 14.5 Å². The Hall–Kier alpha value is -1.87. The lowest BCUT2D eigenvalue weighted by Crippen LogP contribution is -1.98. The molecule has 0 amide bonds. The molecule has 4 heteroatoms. The molecule has 3 aromatic rings. The zero-order valence-corrected chi connectivity index (χ0v) is 12.4.